The molecule has 0 aliphatic carbocycles. The Morgan fingerprint density at radius 1 is 0.613 bits per heavy atom. The molecular weight excluding hydrogens is 891 g/mol. The van der Waals surface area contributed by atoms with E-state index in [0.717, 1.165) is 0 Å². The van der Waals surface area contributed by atoms with Crippen molar-refractivity contribution >= 4 is 60.3 Å². The van der Waals surface area contributed by atoms with Crippen molar-refractivity contribution in [2.75, 3.05) is 50.2 Å². The van der Waals surface area contributed by atoms with Gasteiger partial charge in [-0.05, 0) is 60.8 Å². The van der Waals surface area contributed by atoms with E-state index in [4.69, 9.17) is 28.5 Å². The topological polar surface area (TPSA) is 331 Å². The van der Waals surface area contributed by atoms with E-state index in [0.29, 0.717) is 0 Å². The molecule has 1 saturated heterocycles. The Kier molecular flexibility index (Phi) is 19.3. The van der Waals surface area contributed by atoms with Gasteiger partial charge in [-0.2, -0.15) is 25.3 Å². The Bertz CT molecular complexity index is 2180. The Balaban J connectivity index is 3.09. The van der Waals surface area contributed by atoms with Gasteiger partial charge in [-0.15, -0.1) is 5.06 Å². The third-order valence-electron chi connectivity index (χ3n) is 6.99. The van der Waals surface area contributed by atoms with Gasteiger partial charge in [0, 0.05) is 12.8 Å². The fourth-order valence-corrected chi connectivity index (χ4v) is 6.14. The summed E-state index contributed by atoms with van der Waals surface area (Å²) in [6.07, 6.45) is -3.79. The minimum absolute atomic E-state index is 0.151. The Morgan fingerprint density at radius 3 is 1.27 bits per heavy atom. The first-order valence-electron chi connectivity index (χ1n) is 18.4. The lowest BCUT2D eigenvalue weighted by atomic mass is 9.99. The van der Waals surface area contributed by atoms with Crippen LogP contribution < -0.4 is 24.8 Å². The SMILES string of the molecule is CC(C)(C)OC(=O)NCC#Cc1c(OCCCS(=O)(=O)O)c(C#CCNC(=O)OC(C)(C)C)c(OCCCS(=O)(=O)O)c(C(=O)ON2C(=O)CCC2=O)c1OCCCS(=O)(=O)O. The molecule has 4 amide bonds. The highest BCUT2D eigenvalue weighted by atomic mass is 32.2. The molecule has 0 unspecified atom stereocenters. The zero-order chi connectivity index (χ0) is 47.1. The first kappa shape index (κ1) is 52.8. The smallest absolute Gasteiger partial charge is 0.408 e. The molecule has 0 aromatic heterocycles. The molecule has 0 bridgehead atoms. The molecule has 1 aliphatic rings. The molecule has 346 valence electrons. The van der Waals surface area contributed by atoms with Crippen LogP contribution >= 0.6 is 0 Å². The Labute approximate surface area is 359 Å². The fraction of sp³-hybridized carbons (Fsp3) is 0.583. The van der Waals surface area contributed by atoms with E-state index in [2.05, 4.69) is 34.3 Å². The van der Waals surface area contributed by atoms with E-state index in [1.54, 1.807) is 41.5 Å². The molecule has 1 fully saturated rings. The first-order chi connectivity index (χ1) is 28.5. The van der Waals surface area contributed by atoms with Crippen LogP contribution in [0.3, 0.4) is 0 Å². The van der Waals surface area contributed by atoms with Gasteiger partial charge < -0.3 is 39.2 Å². The summed E-state index contributed by atoms with van der Waals surface area (Å²) in [5, 5.41) is 4.89. The number of amides is 4. The third kappa shape index (κ3) is 20.5. The van der Waals surface area contributed by atoms with Crippen LogP contribution in [0.15, 0.2) is 0 Å². The van der Waals surface area contributed by atoms with Gasteiger partial charge >= 0.3 is 18.2 Å². The van der Waals surface area contributed by atoms with Gasteiger partial charge in [0.05, 0.1) is 50.2 Å². The number of nitrogens with one attached hydrogen (secondary N) is 2. The summed E-state index contributed by atoms with van der Waals surface area (Å²) in [6, 6.07) is 0. The summed E-state index contributed by atoms with van der Waals surface area (Å²) < 4.78 is 126. The molecule has 1 aromatic rings. The minimum Gasteiger partial charge on any atom is -0.491 e. The molecule has 1 aromatic carbocycles. The van der Waals surface area contributed by atoms with Crippen LogP contribution in [0.2, 0.25) is 0 Å². The van der Waals surface area contributed by atoms with Crippen molar-refractivity contribution in [1.82, 2.24) is 15.7 Å². The summed E-state index contributed by atoms with van der Waals surface area (Å²) in [7, 11) is -13.7. The second-order valence-corrected chi connectivity index (χ2v) is 19.6. The van der Waals surface area contributed by atoms with Gasteiger partial charge in [-0.25, -0.2) is 14.4 Å². The van der Waals surface area contributed by atoms with Gasteiger partial charge in [0.15, 0.2) is 17.2 Å². The van der Waals surface area contributed by atoms with E-state index < -0.39 is 175 Å². The van der Waals surface area contributed by atoms with Crippen molar-refractivity contribution in [3.63, 3.8) is 0 Å². The van der Waals surface area contributed by atoms with Crippen molar-refractivity contribution in [2.45, 2.75) is 84.8 Å². The number of ether oxygens (including phenoxy) is 5. The lowest BCUT2D eigenvalue weighted by molar-refractivity contribution is -0.172. The van der Waals surface area contributed by atoms with Crippen molar-refractivity contribution in [3.05, 3.63) is 16.7 Å². The predicted octanol–water partition coefficient (Wildman–Crippen LogP) is 1.63. The summed E-state index contributed by atoms with van der Waals surface area (Å²) in [5.74, 6) is 2.58. The second-order valence-electron chi connectivity index (χ2n) is 14.9. The molecule has 0 saturated carbocycles. The largest absolute Gasteiger partial charge is 0.491 e. The molecule has 5 N–H and O–H groups in total. The van der Waals surface area contributed by atoms with Gasteiger partial charge in [-0.1, -0.05) is 23.7 Å². The van der Waals surface area contributed by atoms with E-state index >= 15 is 0 Å². The Morgan fingerprint density at radius 2 is 0.952 bits per heavy atom. The maximum absolute atomic E-state index is 14.2. The molecule has 1 aliphatic heterocycles. The first-order valence-corrected chi connectivity index (χ1v) is 23.3. The molecule has 0 spiro atoms. The van der Waals surface area contributed by atoms with Gasteiger partial charge in [0.1, 0.15) is 27.9 Å². The van der Waals surface area contributed by atoms with Crippen LogP contribution in [0.5, 0.6) is 17.2 Å². The van der Waals surface area contributed by atoms with Crippen molar-refractivity contribution < 1.29 is 91.4 Å². The monoisotopic (exact) mass is 939 g/mol. The van der Waals surface area contributed by atoms with Crippen LogP contribution in [0.4, 0.5) is 9.59 Å². The number of imide groups is 1. The summed E-state index contributed by atoms with van der Waals surface area (Å²) >= 11 is 0. The van der Waals surface area contributed by atoms with E-state index in [-0.39, 0.29) is 17.9 Å². The molecule has 62 heavy (non-hydrogen) atoms. The number of alkyl carbamates (subject to hydrolysis) is 2. The highest BCUT2D eigenvalue weighted by Gasteiger charge is 2.38. The maximum atomic E-state index is 14.2. The average Bonchev–Trinajstić information content (AvgIpc) is 3.40. The van der Waals surface area contributed by atoms with Crippen LogP contribution in [0, 0.1) is 23.7 Å². The van der Waals surface area contributed by atoms with Crippen molar-refractivity contribution in [3.8, 4) is 40.9 Å². The van der Waals surface area contributed by atoms with Crippen LogP contribution in [0.25, 0.3) is 0 Å². The van der Waals surface area contributed by atoms with Gasteiger partial charge in [0.2, 0.25) is 0 Å². The number of benzene rings is 1. The maximum Gasteiger partial charge on any atom is 0.408 e. The highest BCUT2D eigenvalue weighted by molar-refractivity contribution is 7.86. The van der Waals surface area contributed by atoms with Gasteiger partial charge in [0.25, 0.3) is 42.2 Å². The second kappa shape index (κ2) is 22.6. The number of hydrogen-bond acceptors (Lipinski definition) is 17. The number of hydroxylamine groups is 2. The predicted molar refractivity (Wildman–Crippen MR) is 215 cm³/mol. The van der Waals surface area contributed by atoms with E-state index in [1.165, 1.54) is 0 Å². The average molecular weight is 940 g/mol. The van der Waals surface area contributed by atoms with Crippen molar-refractivity contribution in [2.24, 2.45) is 0 Å². The normalized spacial score (nSPS) is 13.2. The van der Waals surface area contributed by atoms with Crippen LogP contribution in [-0.4, -0.2) is 135 Å². The summed E-state index contributed by atoms with van der Waals surface area (Å²) in [5.41, 5.74) is -3.58. The number of rotatable bonds is 19. The number of carbonyl (C=O) groups excluding carboxylic acids is 5. The molecule has 0 atom stereocenters. The van der Waals surface area contributed by atoms with E-state index in [9.17, 15) is 62.9 Å². The lowest BCUT2D eigenvalue weighted by Gasteiger charge is -2.23. The van der Waals surface area contributed by atoms with E-state index in [1.807, 2.05) is 0 Å². The highest BCUT2D eigenvalue weighted by Crippen LogP contribution is 2.44. The minimum atomic E-state index is -4.57. The quantitative estimate of drug-likeness (QED) is 0.0569. The van der Waals surface area contributed by atoms with Gasteiger partial charge in [-0.3, -0.25) is 23.2 Å². The van der Waals surface area contributed by atoms with Crippen LogP contribution in [0.1, 0.15) is 95.1 Å². The lowest BCUT2D eigenvalue weighted by Crippen LogP contribution is -2.33. The standard InChI is InChI=1S/C36H49N3O20S3/c1-35(2,3)57-33(43)37-16-7-12-24-29(54-18-9-21-60(45,46)47)25(13-8-17-38-34(44)58-36(4,5)6)31(56-20-11-23-62(51,52)53)28(30(24)55-19-10-22-61(48,49)50)32(42)59-39-26(40)14-15-27(39)41/h9-11,14-23H2,1-6H3,(H,37,43)(H,38,44)(H,45,46,47)(H,48,49,50)(H,51,52,53). The van der Waals surface area contributed by atoms with Crippen LogP contribution in [-0.2, 0) is 54.3 Å². The number of hydrogen-bond donors (Lipinski definition) is 5. The molecule has 26 heteroatoms. The molecular formula is C36H49N3O20S3. The zero-order valence-corrected chi connectivity index (χ0v) is 37.1. The fourth-order valence-electron chi connectivity index (χ4n) is 4.69. The number of carbonyl (C=O) groups is 5. The van der Waals surface area contributed by atoms with Crippen molar-refractivity contribution in [1.29, 1.82) is 0 Å². The molecule has 1 heterocycles. The summed E-state index contributed by atoms with van der Waals surface area (Å²) in [4.78, 5) is 69.3. The molecule has 23 nitrogen and oxygen atoms in total. The number of nitrogens with zero attached hydrogens (tertiary/aromatic N) is 1. The molecule has 2 rings (SSSR count). The third-order valence-corrected chi connectivity index (χ3v) is 9.41. The zero-order valence-electron chi connectivity index (χ0n) is 34.6. The summed E-state index contributed by atoms with van der Waals surface area (Å²) in [6.45, 7) is 6.80. The molecule has 0 radical (unpaired) electrons. The Hall–Kier alpha value is -5.38.